The molecule has 2 rings (SSSR count). The van der Waals surface area contributed by atoms with Crippen LogP contribution in [0.2, 0.25) is 0 Å². The van der Waals surface area contributed by atoms with Crippen molar-refractivity contribution in [3.63, 3.8) is 0 Å². The molecule has 0 saturated heterocycles. The number of aromatic carboxylic acids is 1. The first-order valence-corrected chi connectivity index (χ1v) is 9.01. The van der Waals surface area contributed by atoms with Gasteiger partial charge >= 0.3 is 5.97 Å². The van der Waals surface area contributed by atoms with Crippen molar-refractivity contribution in [2.75, 3.05) is 19.0 Å². The van der Waals surface area contributed by atoms with E-state index in [0.717, 1.165) is 12.8 Å². The molecule has 0 radical (unpaired) electrons. The maximum Gasteiger partial charge on any atom is 0.341 e. The molecule has 0 aliphatic carbocycles. The topological polar surface area (TPSA) is 84.9 Å². The molecule has 0 unspecified atom stereocenters. The summed E-state index contributed by atoms with van der Waals surface area (Å²) >= 11 is 0. The Morgan fingerprint density at radius 3 is 2.41 bits per heavy atom. The number of carboxylic acids is 1. The lowest BCUT2D eigenvalue weighted by molar-refractivity contribution is 0.0694. The molecule has 27 heavy (non-hydrogen) atoms. The van der Waals surface area contributed by atoms with Crippen LogP contribution in [-0.4, -0.2) is 30.7 Å². The van der Waals surface area contributed by atoms with Crippen LogP contribution in [0.1, 0.15) is 53.3 Å². The van der Waals surface area contributed by atoms with Crippen molar-refractivity contribution < 1.29 is 24.2 Å². The van der Waals surface area contributed by atoms with E-state index in [1.54, 1.807) is 30.3 Å². The SMILES string of the molecule is CCCCCCOc1ccc(C(=O)Nc2cccc(OC)c2C(=O)O)cc1. The molecule has 0 heterocycles. The Balaban J connectivity index is 2.01. The van der Waals surface area contributed by atoms with Gasteiger partial charge in [-0.3, -0.25) is 4.79 Å². The Hall–Kier alpha value is -3.02. The molecular formula is C21H25NO5. The largest absolute Gasteiger partial charge is 0.496 e. The van der Waals surface area contributed by atoms with Crippen molar-refractivity contribution in [2.24, 2.45) is 0 Å². The predicted octanol–water partition coefficient (Wildman–Crippen LogP) is 4.60. The zero-order chi connectivity index (χ0) is 19.6. The van der Waals surface area contributed by atoms with Crippen molar-refractivity contribution in [3.05, 3.63) is 53.6 Å². The number of methoxy groups -OCH3 is 1. The van der Waals surface area contributed by atoms with E-state index in [1.807, 2.05) is 0 Å². The van der Waals surface area contributed by atoms with Crippen LogP contribution in [0.5, 0.6) is 11.5 Å². The van der Waals surface area contributed by atoms with Crippen molar-refractivity contribution in [2.45, 2.75) is 32.6 Å². The number of carbonyl (C=O) groups is 2. The lowest BCUT2D eigenvalue weighted by Crippen LogP contribution is -2.15. The number of nitrogens with one attached hydrogen (secondary N) is 1. The number of carbonyl (C=O) groups excluding carboxylic acids is 1. The van der Waals surface area contributed by atoms with E-state index in [0.29, 0.717) is 17.9 Å². The van der Waals surface area contributed by atoms with E-state index in [2.05, 4.69) is 12.2 Å². The summed E-state index contributed by atoms with van der Waals surface area (Å²) in [7, 11) is 1.38. The molecule has 0 aliphatic rings. The summed E-state index contributed by atoms with van der Waals surface area (Å²) in [6.07, 6.45) is 4.53. The van der Waals surface area contributed by atoms with Crippen LogP contribution in [0.15, 0.2) is 42.5 Å². The van der Waals surface area contributed by atoms with Crippen molar-refractivity contribution >= 4 is 17.6 Å². The van der Waals surface area contributed by atoms with Crippen LogP contribution in [0.25, 0.3) is 0 Å². The first-order valence-electron chi connectivity index (χ1n) is 9.01. The standard InChI is InChI=1S/C21H25NO5/c1-3-4-5-6-14-27-16-12-10-15(11-13-16)20(23)22-17-8-7-9-18(26-2)19(17)21(24)25/h7-13H,3-6,14H2,1-2H3,(H,22,23)(H,24,25). The zero-order valence-corrected chi connectivity index (χ0v) is 15.7. The maximum atomic E-state index is 12.4. The van der Waals surface area contributed by atoms with Gasteiger partial charge in [0, 0.05) is 5.56 Å². The van der Waals surface area contributed by atoms with Crippen molar-refractivity contribution in [1.29, 1.82) is 0 Å². The molecule has 2 aromatic rings. The summed E-state index contributed by atoms with van der Waals surface area (Å²) in [6, 6.07) is 11.4. The van der Waals surface area contributed by atoms with Gasteiger partial charge in [-0.15, -0.1) is 0 Å². The Kier molecular flexibility index (Phi) is 7.67. The summed E-state index contributed by atoms with van der Waals surface area (Å²) in [5.41, 5.74) is 0.510. The minimum absolute atomic E-state index is 0.0830. The van der Waals surface area contributed by atoms with Crippen LogP contribution in [0.4, 0.5) is 5.69 Å². The number of amides is 1. The van der Waals surface area contributed by atoms with E-state index in [1.165, 1.54) is 32.1 Å². The summed E-state index contributed by atoms with van der Waals surface area (Å²) in [6.45, 7) is 2.81. The molecule has 144 valence electrons. The highest BCUT2D eigenvalue weighted by Gasteiger charge is 2.18. The van der Waals surface area contributed by atoms with Crippen LogP contribution < -0.4 is 14.8 Å². The van der Waals surface area contributed by atoms with E-state index in [9.17, 15) is 14.7 Å². The van der Waals surface area contributed by atoms with Gasteiger partial charge in [0.25, 0.3) is 5.91 Å². The number of unbranched alkanes of at least 4 members (excludes halogenated alkanes) is 3. The van der Waals surface area contributed by atoms with Crippen molar-refractivity contribution in [1.82, 2.24) is 0 Å². The molecule has 0 aliphatic heterocycles. The number of hydrogen-bond acceptors (Lipinski definition) is 4. The number of hydrogen-bond donors (Lipinski definition) is 2. The van der Waals surface area contributed by atoms with E-state index in [-0.39, 0.29) is 17.0 Å². The highest BCUT2D eigenvalue weighted by Crippen LogP contribution is 2.27. The van der Waals surface area contributed by atoms with E-state index in [4.69, 9.17) is 9.47 Å². The first-order chi connectivity index (χ1) is 13.1. The second kappa shape index (κ2) is 10.2. The average Bonchev–Trinajstić information content (AvgIpc) is 2.67. The number of anilines is 1. The van der Waals surface area contributed by atoms with Crippen LogP contribution in [0.3, 0.4) is 0 Å². The Morgan fingerprint density at radius 1 is 1.04 bits per heavy atom. The fraction of sp³-hybridized carbons (Fsp3) is 0.333. The number of ether oxygens (including phenoxy) is 2. The molecule has 2 aromatic carbocycles. The van der Waals surface area contributed by atoms with Crippen LogP contribution in [-0.2, 0) is 0 Å². The lowest BCUT2D eigenvalue weighted by atomic mass is 10.1. The molecular weight excluding hydrogens is 346 g/mol. The van der Waals surface area contributed by atoms with E-state index >= 15 is 0 Å². The second-order valence-corrected chi connectivity index (χ2v) is 6.08. The van der Waals surface area contributed by atoms with Crippen LogP contribution in [0, 0.1) is 0 Å². The third-order valence-corrected chi connectivity index (χ3v) is 4.09. The molecule has 0 spiro atoms. The number of rotatable bonds is 10. The molecule has 0 aromatic heterocycles. The smallest absolute Gasteiger partial charge is 0.341 e. The molecule has 0 atom stereocenters. The van der Waals surface area contributed by atoms with Gasteiger partial charge in [-0.25, -0.2) is 4.79 Å². The normalized spacial score (nSPS) is 10.3. The minimum Gasteiger partial charge on any atom is -0.496 e. The van der Waals surface area contributed by atoms with Crippen molar-refractivity contribution in [3.8, 4) is 11.5 Å². The highest BCUT2D eigenvalue weighted by atomic mass is 16.5. The highest BCUT2D eigenvalue weighted by molar-refractivity contribution is 6.08. The fourth-order valence-corrected chi connectivity index (χ4v) is 2.64. The molecule has 6 heteroatoms. The number of benzene rings is 2. The molecule has 0 fully saturated rings. The Morgan fingerprint density at radius 2 is 1.78 bits per heavy atom. The molecule has 6 nitrogen and oxygen atoms in total. The van der Waals surface area contributed by atoms with Gasteiger partial charge < -0.3 is 19.9 Å². The minimum atomic E-state index is -1.17. The quantitative estimate of drug-likeness (QED) is 0.596. The molecule has 1 amide bonds. The van der Waals surface area contributed by atoms with Gasteiger partial charge in [-0.2, -0.15) is 0 Å². The second-order valence-electron chi connectivity index (χ2n) is 6.08. The average molecular weight is 371 g/mol. The fourth-order valence-electron chi connectivity index (χ4n) is 2.64. The Labute approximate surface area is 159 Å². The first kappa shape index (κ1) is 20.3. The monoisotopic (exact) mass is 371 g/mol. The van der Waals surface area contributed by atoms with Crippen LogP contribution >= 0.6 is 0 Å². The van der Waals surface area contributed by atoms with E-state index < -0.39 is 11.9 Å². The summed E-state index contributed by atoms with van der Waals surface area (Å²) < 4.78 is 10.7. The number of carboxylic acid groups (broad SMARTS) is 1. The van der Waals surface area contributed by atoms with Gasteiger partial charge in [0.2, 0.25) is 0 Å². The van der Waals surface area contributed by atoms with Gasteiger partial charge in [0.05, 0.1) is 19.4 Å². The summed E-state index contributed by atoms with van der Waals surface area (Å²) in [5.74, 6) is -0.683. The third-order valence-electron chi connectivity index (χ3n) is 4.09. The van der Waals surface area contributed by atoms with Gasteiger partial charge in [0.15, 0.2) is 0 Å². The third kappa shape index (κ3) is 5.74. The van der Waals surface area contributed by atoms with Gasteiger partial charge in [-0.1, -0.05) is 32.3 Å². The molecule has 0 bridgehead atoms. The zero-order valence-electron chi connectivity index (χ0n) is 15.7. The van der Waals surface area contributed by atoms with Gasteiger partial charge in [0.1, 0.15) is 17.1 Å². The summed E-state index contributed by atoms with van der Waals surface area (Å²) in [5, 5.41) is 12.0. The lowest BCUT2D eigenvalue weighted by Gasteiger charge is -2.12. The Bertz CT molecular complexity index is 771. The maximum absolute atomic E-state index is 12.4. The summed E-state index contributed by atoms with van der Waals surface area (Å²) in [4.78, 5) is 23.9. The predicted molar refractivity (Wildman–Crippen MR) is 104 cm³/mol. The molecule has 2 N–H and O–H groups in total. The van der Waals surface area contributed by atoms with Gasteiger partial charge in [-0.05, 0) is 42.8 Å². The molecule has 0 saturated carbocycles.